The van der Waals surface area contributed by atoms with E-state index in [0.29, 0.717) is 12.2 Å². The lowest BCUT2D eigenvalue weighted by Crippen LogP contribution is -2.13. The monoisotopic (exact) mass is 220 g/mol. The van der Waals surface area contributed by atoms with Gasteiger partial charge in [-0.2, -0.15) is 0 Å². The molecule has 1 N–H and O–H groups in total. The van der Waals surface area contributed by atoms with Crippen molar-refractivity contribution in [2.24, 2.45) is 0 Å². The summed E-state index contributed by atoms with van der Waals surface area (Å²) < 4.78 is 0. The fourth-order valence-corrected chi connectivity index (χ4v) is 1.52. The highest BCUT2D eigenvalue weighted by atomic mass is 16.1. The Morgan fingerprint density at radius 1 is 1.38 bits per heavy atom. The largest absolute Gasteiger partial charge is 0.310 e. The molecular formula is C13H20N2O. The van der Waals surface area contributed by atoms with Crippen LogP contribution in [0.15, 0.2) is 18.3 Å². The molecule has 0 spiro atoms. The van der Waals surface area contributed by atoms with E-state index in [4.69, 9.17) is 0 Å². The second kappa shape index (κ2) is 6.99. The van der Waals surface area contributed by atoms with Crippen LogP contribution in [0.1, 0.15) is 44.6 Å². The average Bonchev–Trinajstić information content (AvgIpc) is 2.28. The van der Waals surface area contributed by atoms with Gasteiger partial charge in [0.2, 0.25) is 5.91 Å². The molecule has 0 aliphatic rings. The second-order valence-corrected chi connectivity index (χ2v) is 4.03. The summed E-state index contributed by atoms with van der Waals surface area (Å²) in [6, 6.07) is 3.81. The van der Waals surface area contributed by atoms with Crippen LogP contribution in [-0.4, -0.2) is 10.9 Å². The summed E-state index contributed by atoms with van der Waals surface area (Å²) in [5.41, 5.74) is 1.00. The summed E-state index contributed by atoms with van der Waals surface area (Å²) in [6.45, 7) is 4.11. The standard InChI is InChI=1S/C13H20N2O/c1-3-4-5-6-9-12(16)15-13-11(2)8-7-10-14-13/h7-8,10H,3-6,9H2,1-2H3,(H,14,15,16). The predicted molar refractivity (Wildman–Crippen MR) is 66.4 cm³/mol. The molecule has 0 bridgehead atoms. The van der Waals surface area contributed by atoms with Crippen molar-refractivity contribution in [3.05, 3.63) is 23.9 Å². The topological polar surface area (TPSA) is 42.0 Å². The third-order valence-electron chi connectivity index (χ3n) is 2.52. The van der Waals surface area contributed by atoms with E-state index >= 15 is 0 Å². The van der Waals surface area contributed by atoms with Gasteiger partial charge in [-0.1, -0.05) is 32.3 Å². The van der Waals surface area contributed by atoms with Crippen LogP contribution in [-0.2, 0) is 4.79 Å². The smallest absolute Gasteiger partial charge is 0.225 e. The van der Waals surface area contributed by atoms with Gasteiger partial charge in [0.05, 0.1) is 0 Å². The number of amides is 1. The minimum Gasteiger partial charge on any atom is -0.310 e. The number of hydrogen-bond donors (Lipinski definition) is 1. The third-order valence-corrected chi connectivity index (χ3v) is 2.52. The lowest BCUT2D eigenvalue weighted by molar-refractivity contribution is -0.116. The van der Waals surface area contributed by atoms with E-state index in [1.165, 1.54) is 12.8 Å². The molecule has 0 aliphatic carbocycles. The van der Waals surface area contributed by atoms with Crippen LogP contribution in [0.3, 0.4) is 0 Å². The van der Waals surface area contributed by atoms with Gasteiger partial charge in [0, 0.05) is 12.6 Å². The van der Waals surface area contributed by atoms with Crippen molar-refractivity contribution in [2.75, 3.05) is 5.32 Å². The zero-order chi connectivity index (χ0) is 11.8. The molecule has 0 aliphatic heterocycles. The van der Waals surface area contributed by atoms with E-state index < -0.39 is 0 Å². The van der Waals surface area contributed by atoms with Gasteiger partial charge < -0.3 is 5.32 Å². The molecule has 0 saturated heterocycles. The number of unbranched alkanes of at least 4 members (excludes halogenated alkanes) is 3. The molecule has 0 fully saturated rings. The number of carbonyl (C=O) groups is 1. The number of anilines is 1. The van der Waals surface area contributed by atoms with Crippen LogP contribution in [0.2, 0.25) is 0 Å². The first-order chi connectivity index (χ1) is 7.74. The van der Waals surface area contributed by atoms with Crippen molar-refractivity contribution in [2.45, 2.75) is 46.0 Å². The first-order valence-electron chi connectivity index (χ1n) is 5.95. The molecular weight excluding hydrogens is 200 g/mol. The number of hydrogen-bond acceptors (Lipinski definition) is 2. The van der Waals surface area contributed by atoms with Gasteiger partial charge in [0.25, 0.3) is 0 Å². The van der Waals surface area contributed by atoms with Crippen molar-refractivity contribution < 1.29 is 4.79 Å². The van der Waals surface area contributed by atoms with Crippen molar-refractivity contribution in [3.8, 4) is 0 Å². The number of rotatable bonds is 6. The number of aromatic nitrogens is 1. The van der Waals surface area contributed by atoms with E-state index in [-0.39, 0.29) is 5.91 Å². The third kappa shape index (κ3) is 4.43. The van der Waals surface area contributed by atoms with Crippen LogP contribution < -0.4 is 5.32 Å². The Labute approximate surface area is 97.3 Å². The highest BCUT2D eigenvalue weighted by Crippen LogP contribution is 2.10. The van der Waals surface area contributed by atoms with Crippen LogP contribution in [0.25, 0.3) is 0 Å². The summed E-state index contributed by atoms with van der Waals surface area (Å²) in [5, 5.41) is 2.84. The summed E-state index contributed by atoms with van der Waals surface area (Å²) in [6.07, 6.45) is 6.78. The fraction of sp³-hybridized carbons (Fsp3) is 0.538. The summed E-state index contributed by atoms with van der Waals surface area (Å²) >= 11 is 0. The molecule has 3 nitrogen and oxygen atoms in total. The predicted octanol–water partition coefficient (Wildman–Crippen LogP) is 3.30. The highest BCUT2D eigenvalue weighted by Gasteiger charge is 2.04. The molecule has 0 radical (unpaired) electrons. The van der Waals surface area contributed by atoms with Gasteiger partial charge in [-0.05, 0) is 25.0 Å². The zero-order valence-electron chi connectivity index (χ0n) is 10.1. The van der Waals surface area contributed by atoms with E-state index in [0.717, 1.165) is 18.4 Å². The first-order valence-corrected chi connectivity index (χ1v) is 5.95. The molecule has 1 heterocycles. The van der Waals surface area contributed by atoms with E-state index in [9.17, 15) is 4.79 Å². The molecule has 1 aromatic rings. The van der Waals surface area contributed by atoms with E-state index in [2.05, 4.69) is 17.2 Å². The lowest BCUT2D eigenvalue weighted by atomic mass is 10.1. The molecule has 3 heteroatoms. The van der Waals surface area contributed by atoms with Crippen molar-refractivity contribution in [3.63, 3.8) is 0 Å². The maximum absolute atomic E-state index is 11.6. The quantitative estimate of drug-likeness (QED) is 0.747. The van der Waals surface area contributed by atoms with Crippen LogP contribution in [0, 0.1) is 6.92 Å². The van der Waals surface area contributed by atoms with Gasteiger partial charge >= 0.3 is 0 Å². The summed E-state index contributed by atoms with van der Waals surface area (Å²) in [5.74, 6) is 0.751. The van der Waals surface area contributed by atoms with Gasteiger partial charge in [0.1, 0.15) is 5.82 Å². The molecule has 1 aromatic heterocycles. The normalized spacial score (nSPS) is 10.1. The van der Waals surface area contributed by atoms with Crippen LogP contribution in [0.4, 0.5) is 5.82 Å². The van der Waals surface area contributed by atoms with Gasteiger partial charge in [0.15, 0.2) is 0 Å². The number of carbonyl (C=O) groups excluding carboxylic acids is 1. The summed E-state index contributed by atoms with van der Waals surface area (Å²) in [4.78, 5) is 15.7. The number of aryl methyl sites for hydroxylation is 1. The van der Waals surface area contributed by atoms with Crippen LogP contribution >= 0.6 is 0 Å². The Kier molecular flexibility index (Phi) is 5.54. The van der Waals surface area contributed by atoms with Crippen molar-refractivity contribution in [1.29, 1.82) is 0 Å². The van der Waals surface area contributed by atoms with Gasteiger partial charge in [-0.15, -0.1) is 0 Å². The molecule has 0 atom stereocenters. The molecule has 1 amide bonds. The van der Waals surface area contributed by atoms with Crippen molar-refractivity contribution >= 4 is 11.7 Å². The Morgan fingerprint density at radius 2 is 2.19 bits per heavy atom. The summed E-state index contributed by atoms with van der Waals surface area (Å²) in [7, 11) is 0. The minimum absolute atomic E-state index is 0.0675. The van der Waals surface area contributed by atoms with E-state index in [1.807, 2.05) is 19.1 Å². The molecule has 0 saturated carbocycles. The average molecular weight is 220 g/mol. The molecule has 88 valence electrons. The lowest BCUT2D eigenvalue weighted by Gasteiger charge is -2.06. The van der Waals surface area contributed by atoms with Gasteiger partial charge in [-0.25, -0.2) is 4.98 Å². The molecule has 16 heavy (non-hydrogen) atoms. The Bertz CT molecular complexity index is 336. The fourth-order valence-electron chi connectivity index (χ4n) is 1.52. The Morgan fingerprint density at radius 3 is 2.88 bits per heavy atom. The molecule has 0 aromatic carbocycles. The van der Waals surface area contributed by atoms with Crippen molar-refractivity contribution in [1.82, 2.24) is 4.98 Å². The molecule has 0 unspecified atom stereocenters. The van der Waals surface area contributed by atoms with Gasteiger partial charge in [-0.3, -0.25) is 4.79 Å². The van der Waals surface area contributed by atoms with Crippen LogP contribution in [0.5, 0.6) is 0 Å². The Balaban J connectivity index is 2.32. The maximum atomic E-state index is 11.6. The first kappa shape index (κ1) is 12.7. The minimum atomic E-state index is 0.0675. The number of pyridine rings is 1. The zero-order valence-corrected chi connectivity index (χ0v) is 10.1. The molecule has 1 rings (SSSR count). The Hall–Kier alpha value is -1.38. The number of nitrogens with zero attached hydrogens (tertiary/aromatic N) is 1. The second-order valence-electron chi connectivity index (χ2n) is 4.03. The maximum Gasteiger partial charge on any atom is 0.225 e. The van der Waals surface area contributed by atoms with E-state index in [1.54, 1.807) is 6.20 Å². The highest BCUT2D eigenvalue weighted by molar-refractivity contribution is 5.90. The SMILES string of the molecule is CCCCCCC(=O)Nc1ncccc1C. The number of nitrogens with one attached hydrogen (secondary N) is 1.